The molecule has 0 saturated heterocycles. The first kappa shape index (κ1) is 21.1. The maximum atomic E-state index is 12.2. The minimum atomic E-state index is -3.72. The summed E-state index contributed by atoms with van der Waals surface area (Å²) in [7, 11) is 3.17. The van der Waals surface area contributed by atoms with Gasteiger partial charge in [0, 0.05) is 0 Å². The molecule has 6 nitrogen and oxygen atoms in total. The first-order chi connectivity index (χ1) is 12.8. The van der Waals surface area contributed by atoms with Gasteiger partial charge in [0.25, 0.3) is 0 Å². The van der Waals surface area contributed by atoms with E-state index in [1.54, 1.807) is 72.6 Å². The summed E-state index contributed by atoms with van der Waals surface area (Å²) in [6.07, 6.45) is 0.251. The van der Waals surface area contributed by atoms with E-state index in [-0.39, 0.29) is 12.8 Å². The van der Waals surface area contributed by atoms with Crippen molar-refractivity contribution in [3.05, 3.63) is 59.7 Å². The molecule has 0 aliphatic carbocycles. The zero-order valence-electron chi connectivity index (χ0n) is 16.0. The normalized spacial score (nSPS) is 10.8. The fourth-order valence-corrected chi connectivity index (χ4v) is 6.12. The number of methoxy groups -OCH3 is 2. The number of benzene rings is 2. The molecule has 0 amide bonds. The fraction of sp³-hybridized carbons (Fsp3) is 0.300. The molecule has 0 bridgehead atoms. The molecule has 27 heavy (non-hydrogen) atoms. The molecular formula is C20H24O6Sn. The summed E-state index contributed by atoms with van der Waals surface area (Å²) in [6, 6.07) is 14.4. The van der Waals surface area contributed by atoms with Crippen molar-refractivity contribution in [1.29, 1.82) is 0 Å². The molecule has 0 unspecified atom stereocenters. The van der Waals surface area contributed by atoms with Crippen molar-refractivity contribution in [3.8, 4) is 11.5 Å². The molecule has 144 valence electrons. The van der Waals surface area contributed by atoms with Crippen molar-refractivity contribution < 1.29 is 25.2 Å². The van der Waals surface area contributed by atoms with Crippen molar-refractivity contribution >= 4 is 31.1 Å². The molecule has 0 aliphatic rings. The number of hydrogen-bond acceptors (Lipinski definition) is 6. The average molecular weight is 479 g/mol. The third-order valence-corrected chi connectivity index (χ3v) is 7.84. The summed E-state index contributed by atoms with van der Waals surface area (Å²) in [5, 5.41) is 0. The average Bonchev–Trinajstić information content (AvgIpc) is 2.61. The molecule has 2 aromatic carbocycles. The van der Waals surface area contributed by atoms with Crippen LogP contribution in [0.4, 0.5) is 0 Å². The number of ether oxygens (including phenoxy) is 2. The van der Waals surface area contributed by atoms with Crippen LogP contribution >= 0.6 is 0 Å². The van der Waals surface area contributed by atoms with Gasteiger partial charge >= 0.3 is 164 Å². The van der Waals surface area contributed by atoms with Crippen LogP contribution in [0.15, 0.2) is 48.5 Å². The van der Waals surface area contributed by atoms with Crippen molar-refractivity contribution in [3.63, 3.8) is 0 Å². The second-order valence-corrected chi connectivity index (χ2v) is 15.6. The molecule has 2 aromatic rings. The molecule has 0 aliphatic heterocycles. The molecule has 0 radical (unpaired) electrons. The quantitative estimate of drug-likeness (QED) is 0.542. The Balaban J connectivity index is 1.86. The summed E-state index contributed by atoms with van der Waals surface area (Å²) in [4.78, 5) is 27.9. The van der Waals surface area contributed by atoms with Crippen LogP contribution in [0.1, 0.15) is 11.1 Å². The van der Waals surface area contributed by atoms with Crippen LogP contribution in [0.25, 0.3) is 0 Å². The summed E-state index contributed by atoms with van der Waals surface area (Å²) >= 11 is -3.72. The maximum absolute atomic E-state index is 12.2. The fourth-order valence-electron chi connectivity index (χ4n) is 2.46. The van der Waals surface area contributed by atoms with Gasteiger partial charge in [-0.05, 0) is 0 Å². The van der Waals surface area contributed by atoms with E-state index in [9.17, 15) is 9.59 Å². The van der Waals surface area contributed by atoms with Gasteiger partial charge in [0.05, 0.1) is 0 Å². The van der Waals surface area contributed by atoms with Crippen LogP contribution < -0.4 is 9.47 Å². The van der Waals surface area contributed by atoms with Gasteiger partial charge in [-0.25, -0.2) is 0 Å². The van der Waals surface area contributed by atoms with Gasteiger partial charge in [0.2, 0.25) is 0 Å². The second kappa shape index (κ2) is 9.64. The molecular weight excluding hydrogens is 455 g/mol. The van der Waals surface area contributed by atoms with E-state index in [4.69, 9.17) is 15.6 Å². The Kier molecular flexibility index (Phi) is 7.53. The summed E-state index contributed by atoms with van der Waals surface area (Å²) in [5.41, 5.74) is 1.62. The van der Waals surface area contributed by atoms with E-state index < -0.39 is 31.1 Å². The Bertz CT molecular complexity index is 703. The van der Waals surface area contributed by atoms with Crippen LogP contribution in [0.3, 0.4) is 0 Å². The van der Waals surface area contributed by atoms with Gasteiger partial charge in [-0.1, -0.05) is 0 Å². The van der Waals surface area contributed by atoms with Crippen LogP contribution in [0, 0.1) is 0 Å². The van der Waals surface area contributed by atoms with Gasteiger partial charge < -0.3 is 0 Å². The Labute approximate surface area is 164 Å². The van der Waals surface area contributed by atoms with Gasteiger partial charge in [-0.2, -0.15) is 0 Å². The zero-order valence-corrected chi connectivity index (χ0v) is 18.8. The third-order valence-electron chi connectivity index (χ3n) is 3.73. The van der Waals surface area contributed by atoms with Gasteiger partial charge in [0.1, 0.15) is 0 Å². The third kappa shape index (κ3) is 7.13. The molecule has 2 rings (SSSR count). The molecule has 0 saturated carbocycles. The van der Waals surface area contributed by atoms with E-state index >= 15 is 0 Å². The van der Waals surface area contributed by atoms with Crippen LogP contribution in [0.5, 0.6) is 11.5 Å². The predicted molar refractivity (Wildman–Crippen MR) is 103 cm³/mol. The Hall–Kier alpha value is -2.22. The van der Waals surface area contributed by atoms with Crippen molar-refractivity contribution in [2.24, 2.45) is 0 Å². The van der Waals surface area contributed by atoms with Crippen molar-refractivity contribution in [2.75, 3.05) is 14.2 Å². The van der Waals surface area contributed by atoms with Crippen LogP contribution in [-0.4, -0.2) is 45.4 Å². The molecule has 0 atom stereocenters. The van der Waals surface area contributed by atoms with Crippen LogP contribution in [-0.2, 0) is 28.6 Å². The van der Waals surface area contributed by atoms with E-state index in [0.29, 0.717) is 0 Å². The Morgan fingerprint density at radius 2 is 1.04 bits per heavy atom. The molecule has 7 heteroatoms. The van der Waals surface area contributed by atoms with E-state index in [1.807, 2.05) is 0 Å². The SMILES string of the molecule is COc1ccc(CC(=O)[O][Sn]([CH3])([CH3])[O]C(=O)Cc2ccc(OC)cc2)cc1. The predicted octanol–water partition coefficient (Wildman–Crippen LogP) is 3.28. The van der Waals surface area contributed by atoms with E-state index in [2.05, 4.69) is 0 Å². The van der Waals surface area contributed by atoms with E-state index in [1.165, 1.54) is 0 Å². The molecule has 0 heterocycles. The monoisotopic (exact) mass is 480 g/mol. The molecule has 0 aromatic heterocycles. The topological polar surface area (TPSA) is 71.1 Å². The summed E-state index contributed by atoms with van der Waals surface area (Å²) in [6.45, 7) is 0. The molecule has 0 N–H and O–H groups in total. The molecule has 0 fully saturated rings. The van der Waals surface area contributed by atoms with Gasteiger partial charge in [-0.15, -0.1) is 0 Å². The van der Waals surface area contributed by atoms with Gasteiger partial charge in [-0.3, -0.25) is 0 Å². The number of rotatable bonds is 8. The Morgan fingerprint density at radius 3 is 1.33 bits per heavy atom. The zero-order chi connectivity index (χ0) is 19.9. The first-order valence-electron chi connectivity index (χ1n) is 8.51. The summed E-state index contributed by atoms with van der Waals surface area (Å²) < 4.78 is 21.2. The Morgan fingerprint density at radius 1 is 0.704 bits per heavy atom. The number of carbonyl (C=O) groups excluding carboxylic acids is 2. The summed E-state index contributed by atoms with van der Waals surface area (Å²) in [5.74, 6) is 0.662. The minimum absolute atomic E-state index is 0.125. The number of carbonyl (C=O) groups is 2. The van der Waals surface area contributed by atoms with Crippen molar-refractivity contribution in [2.45, 2.75) is 22.7 Å². The van der Waals surface area contributed by atoms with Gasteiger partial charge in [0.15, 0.2) is 0 Å². The van der Waals surface area contributed by atoms with Crippen LogP contribution in [0.2, 0.25) is 9.88 Å². The first-order valence-corrected chi connectivity index (χ1v) is 16.5. The molecule has 0 spiro atoms. The van der Waals surface area contributed by atoms with E-state index in [0.717, 1.165) is 22.6 Å². The standard InChI is InChI=1S/2C9H10O3.2CH3.Sn/c2*1-12-8-4-2-7(3-5-8)6-9(10)11;;;/h2*2-5H,6H2,1H3,(H,10,11);2*1H3;/q;;;;+2/p-2. The number of hydrogen-bond donors (Lipinski definition) is 0. The van der Waals surface area contributed by atoms with Crippen molar-refractivity contribution in [1.82, 2.24) is 0 Å². The second-order valence-electron chi connectivity index (χ2n) is 6.40.